The number of fused-ring (bicyclic) bond motifs is 1. The van der Waals surface area contributed by atoms with Gasteiger partial charge in [-0.05, 0) is 31.1 Å². The molecule has 0 radical (unpaired) electrons. The summed E-state index contributed by atoms with van der Waals surface area (Å²) in [5, 5.41) is 8.95. The van der Waals surface area contributed by atoms with Crippen LogP contribution in [-0.2, 0) is 4.79 Å². The standard InChI is InChI=1S/C10H14O2/c11-10(12)9-6-2-4-7-3-1-5-8(7)9/h2,4,7-9H,1,3,5-6H2,(H,11,12)/t7-,8-,9+/m0/s1. The number of carboxylic acid groups (broad SMARTS) is 1. The van der Waals surface area contributed by atoms with Gasteiger partial charge in [-0.15, -0.1) is 0 Å². The van der Waals surface area contributed by atoms with E-state index >= 15 is 0 Å². The Kier molecular flexibility index (Phi) is 1.91. The van der Waals surface area contributed by atoms with Crippen molar-refractivity contribution in [3.8, 4) is 0 Å². The smallest absolute Gasteiger partial charge is 0.307 e. The van der Waals surface area contributed by atoms with Gasteiger partial charge in [0.2, 0.25) is 0 Å². The average molecular weight is 166 g/mol. The fourth-order valence-electron chi connectivity index (χ4n) is 2.61. The van der Waals surface area contributed by atoms with Gasteiger partial charge in [-0.1, -0.05) is 18.6 Å². The summed E-state index contributed by atoms with van der Waals surface area (Å²) in [4.78, 5) is 10.9. The number of aliphatic carboxylic acids is 1. The van der Waals surface area contributed by atoms with Crippen LogP contribution in [0, 0.1) is 17.8 Å². The second kappa shape index (κ2) is 2.92. The highest BCUT2D eigenvalue weighted by Gasteiger charge is 2.37. The van der Waals surface area contributed by atoms with Crippen molar-refractivity contribution in [2.24, 2.45) is 17.8 Å². The van der Waals surface area contributed by atoms with Crippen LogP contribution in [-0.4, -0.2) is 11.1 Å². The molecule has 0 bridgehead atoms. The van der Waals surface area contributed by atoms with Crippen molar-refractivity contribution >= 4 is 5.97 Å². The molecule has 12 heavy (non-hydrogen) atoms. The molecule has 0 aromatic heterocycles. The highest BCUT2D eigenvalue weighted by Crippen LogP contribution is 2.42. The summed E-state index contributed by atoms with van der Waals surface area (Å²) in [5.41, 5.74) is 0. The Hall–Kier alpha value is -0.790. The van der Waals surface area contributed by atoms with Crippen molar-refractivity contribution in [1.29, 1.82) is 0 Å². The molecule has 1 saturated carbocycles. The largest absolute Gasteiger partial charge is 0.481 e. The Morgan fingerprint density at radius 2 is 2.25 bits per heavy atom. The third kappa shape index (κ3) is 1.15. The van der Waals surface area contributed by atoms with Crippen molar-refractivity contribution in [2.45, 2.75) is 25.7 Å². The molecule has 0 aromatic rings. The van der Waals surface area contributed by atoms with Crippen LogP contribution in [0.15, 0.2) is 12.2 Å². The van der Waals surface area contributed by atoms with Crippen molar-refractivity contribution in [3.05, 3.63) is 12.2 Å². The fraction of sp³-hybridized carbons (Fsp3) is 0.700. The SMILES string of the molecule is O=C(O)[C@@H]1CC=C[C@@H]2CCC[C@@H]21. The predicted octanol–water partition coefficient (Wildman–Crippen LogP) is 2.06. The number of allylic oxidation sites excluding steroid dienone is 2. The van der Waals surface area contributed by atoms with E-state index in [4.69, 9.17) is 5.11 Å². The van der Waals surface area contributed by atoms with Crippen molar-refractivity contribution in [3.63, 3.8) is 0 Å². The molecule has 2 heteroatoms. The van der Waals surface area contributed by atoms with Crippen molar-refractivity contribution < 1.29 is 9.90 Å². The van der Waals surface area contributed by atoms with E-state index in [1.807, 2.05) is 6.08 Å². The van der Waals surface area contributed by atoms with Crippen LogP contribution >= 0.6 is 0 Å². The molecule has 1 fully saturated rings. The minimum absolute atomic E-state index is 0.0949. The normalized spacial score (nSPS) is 39.5. The number of carboxylic acids is 1. The summed E-state index contributed by atoms with van der Waals surface area (Å²) < 4.78 is 0. The number of rotatable bonds is 1. The third-order valence-electron chi connectivity index (χ3n) is 3.23. The summed E-state index contributed by atoms with van der Waals surface area (Å²) in [6.45, 7) is 0. The minimum atomic E-state index is -0.601. The molecule has 0 unspecified atom stereocenters. The topological polar surface area (TPSA) is 37.3 Å². The molecule has 0 aliphatic heterocycles. The maximum absolute atomic E-state index is 10.9. The average Bonchev–Trinajstić information content (AvgIpc) is 2.49. The lowest BCUT2D eigenvalue weighted by Gasteiger charge is -2.26. The zero-order valence-electron chi connectivity index (χ0n) is 7.07. The second-order valence-electron chi connectivity index (χ2n) is 3.87. The van der Waals surface area contributed by atoms with E-state index in [0.717, 1.165) is 12.8 Å². The minimum Gasteiger partial charge on any atom is -0.481 e. The molecule has 2 rings (SSSR count). The van der Waals surface area contributed by atoms with Gasteiger partial charge >= 0.3 is 5.97 Å². The molecule has 2 aliphatic carbocycles. The molecule has 1 N–H and O–H groups in total. The first kappa shape index (κ1) is 7.84. The van der Waals surface area contributed by atoms with Crippen LogP contribution in [0.1, 0.15) is 25.7 Å². The predicted molar refractivity (Wildman–Crippen MR) is 45.7 cm³/mol. The van der Waals surface area contributed by atoms with E-state index in [0.29, 0.717) is 11.8 Å². The van der Waals surface area contributed by atoms with Crippen LogP contribution in [0.4, 0.5) is 0 Å². The molecule has 0 aromatic carbocycles. The zero-order chi connectivity index (χ0) is 8.55. The number of carbonyl (C=O) groups is 1. The monoisotopic (exact) mass is 166 g/mol. The highest BCUT2D eigenvalue weighted by atomic mass is 16.4. The summed E-state index contributed by atoms with van der Waals surface area (Å²) in [5.74, 6) is 0.311. The van der Waals surface area contributed by atoms with Gasteiger partial charge in [-0.25, -0.2) is 0 Å². The van der Waals surface area contributed by atoms with Crippen LogP contribution < -0.4 is 0 Å². The molecule has 0 amide bonds. The summed E-state index contributed by atoms with van der Waals surface area (Å²) >= 11 is 0. The van der Waals surface area contributed by atoms with E-state index in [9.17, 15) is 4.79 Å². The highest BCUT2D eigenvalue weighted by molar-refractivity contribution is 5.71. The summed E-state index contributed by atoms with van der Waals surface area (Å²) in [6.07, 6.45) is 8.54. The Balaban J connectivity index is 2.16. The molecule has 0 saturated heterocycles. The lowest BCUT2D eigenvalue weighted by atomic mass is 9.78. The molecule has 66 valence electrons. The Morgan fingerprint density at radius 3 is 3.00 bits per heavy atom. The maximum atomic E-state index is 10.9. The van der Waals surface area contributed by atoms with Gasteiger partial charge in [-0.3, -0.25) is 4.79 Å². The van der Waals surface area contributed by atoms with Gasteiger partial charge in [0.15, 0.2) is 0 Å². The van der Waals surface area contributed by atoms with E-state index in [-0.39, 0.29) is 5.92 Å². The van der Waals surface area contributed by atoms with Crippen LogP contribution in [0.3, 0.4) is 0 Å². The summed E-state index contributed by atoms with van der Waals surface area (Å²) in [7, 11) is 0. The number of hydrogen-bond acceptors (Lipinski definition) is 1. The van der Waals surface area contributed by atoms with Crippen LogP contribution in [0.2, 0.25) is 0 Å². The molecule has 2 aliphatic rings. The molecule has 0 heterocycles. The Morgan fingerprint density at radius 1 is 1.42 bits per heavy atom. The van der Waals surface area contributed by atoms with Gasteiger partial charge in [0.1, 0.15) is 0 Å². The van der Waals surface area contributed by atoms with Crippen LogP contribution in [0.5, 0.6) is 0 Å². The first-order valence-electron chi connectivity index (χ1n) is 4.68. The van der Waals surface area contributed by atoms with Gasteiger partial charge in [-0.2, -0.15) is 0 Å². The van der Waals surface area contributed by atoms with Gasteiger partial charge in [0, 0.05) is 0 Å². The van der Waals surface area contributed by atoms with Crippen molar-refractivity contribution in [2.75, 3.05) is 0 Å². The van der Waals surface area contributed by atoms with E-state index in [2.05, 4.69) is 6.08 Å². The van der Waals surface area contributed by atoms with Crippen molar-refractivity contribution in [1.82, 2.24) is 0 Å². The van der Waals surface area contributed by atoms with Gasteiger partial charge in [0.25, 0.3) is 0 Å². The first-order valence-corrected chi connectivity index (χ1v) is 4.68. The van der Waals surface area contributed by atoms with E-state index in [1.54, 1.807) is 0 Å². The lowest BCUT2D eigenvalue weighted by molar-refractivity contribution is -0.144. The molecule has 2 nitrogen and oxygen atoms in total. The Bertz CT molecular complexity index is 220. The van der Waals surface area contributed by atoms with E-state index < -0.39 is 5.97 Å². The van der Waals surface area contributed by atoms with Gasteiger partial charge in [0.05, 0.1) is 5.92 Å². The van der Waals surface area contributed by atoms with Gasteiger partial charge < -0.3 is 5.11 Å². The first-order chi connectivity index (χ1) is 5.79. The number of hydrogen-bond donors (Lipinski definition) is 1. The molecule has 0 spiro atoms. The third-order valence-corrected chi connectivity index (χ3v) is 3.23. The van der Waals surface area contributed by atoms with Crippen LogP contribution in [0.25, 0.3) is 0 Å². The molecular weight excluding hydrogens is 152 g/mol. The lowest BCUT2D eigenvalue weighted by Crippen LogP contribution is -2.27. The molecule has 3 atom stereocenters. The fourth-order valence-corrected chi connectivity index (χ4v) is 2.61. The summed E-state index contributed by atoms with van der Waals surface area (Å²) in [6, 6.07) is 0. The Labute approximate surface area is 72.3 Å². The van der Waals surface area contributed by atoms with E-state index in [1.165, 1.54) is 12.8 Å². The second-order valence-corrected chi connectivity index (χ2v) is 3.87. The maximum Gasteiger partial charge on any atom is 0.307 e. The molecular formula is C10H14O2. The quantitative estimate of drug-likeness (QED) is 0.605. The zero-order valence-corrected chi connectivity index (χ0v) is 7.07.